The fraction of sp³-hybridized carbons (Fsp3) is 0.632. The number of carbonyl (C=O) groups excluding carboxylic acids is 1. The quantitative estimate of drug-likeness (QED) is 0.839. The first kappa shape index (κ1) is 15.5. The molecule has 2 atom stereocenters. The molecule has 0 spiro atoms. The van der Waals surface area contributed by atoms with Crippen molar-refractivity contribution in [1.82, 2.24) is 4.90 Å². The zero-order valence-corrected chi connectivity index (χ0v) is 13.8. The van der Waals surface area contributed by atoms with Crippen molar-refractivity contribution in [1.29, 1.82) is 0 Å². The van der Waals surface area contributed by atoms with E-state index >= 15 is 0 Å². The van der Waals surface area contributed by atoms with Crippen LogP contribution in [0.5, 0.6) is 0 Å². The van der Waals surface area contributed by atoms with E-state index in [0.717, 1.165) is 31.5 Å². The molecule has 2 saturated heterocycles. The van der Waals surface area contributed by atoms with E-state index in [1.54, 1.807) is 0 Å². The molecular weight excluding hydrogens is 274 g/mol. The summed E-state index contributed by atoms with van der Waals surface area (Å²) in [6.07, 6.45) is 2.83. The lowest BCUT2D eigenvalue weighted by Gasteiger charge is -2.43. The van der Waals surface area contributed by atoms with Crippen molar-refractivity contribution < 1.29 is 9.53 Å². The predicted molar refractivity (Wildman–Crippen MR) is 87.7 cm³/mol. The summed E-state index contributed by atoms with van der Waals surface area (Å²) in [5.74, 6) is 1.51. The van der Waals surface area contributed by atoms with Gasteiger partial charge in [0.15, 0.2) is 0 Å². The molecule has 3 nitrogen and oxygen atoms in total. The molecule has 0 radical (unpaired) electrons. The Kier molecular flexibility index (Phi) is 4.53. The number of likely N-dealkylation sites (tertiary alicyclic amines) is 1. The second-order valence-electron chi connectivity index (χ2n) is 7.22. The molecule has 1 aromatic rings. The van der Waals surface area contributed by atoms with Crippen molar-refractivity contribution in [3.05, 3.63) is 35.9 Å². The topological polar surface area (TPSA) is 29.5 Å². The average molecular weight is 301 g/mol. The fourth-order valence-corrected chi connectivity index (χ4v) is 4.23. The van der Waals surface area contributed by atoms with Crippen LogP contribution in [0.15, 0.2) is 30.3 Å². The Morgan fingerprint density at radius 1 is 1.09 bits per heavy atom. The van der Waals surface area contributed by atoms with Gasteiger partial charge < -0.3 is 9.64 Å². The summed E-state index contributed by atoms with van der Waals surface area (Å²) in [5.41, 5.74) is 0.783. The zero-order chi connectivity index (χ0) is 15.6. The number of carbonyl (C=O) groups is 1. The van der Waals surface area contributed by atoms with Crippen molar-refractivity contribution in [2.24, 2.45) is 11.8 Å². The number of rotatable bonds is 2. The van der Waals surface area contributed by atoms with Gasteiger partial charge in [-0.25, -0.2) is 0 Å². The van der Waals surface area contributed by atoms with Crippen LogP contribution in [-0.4, -0.2) is 37.1 Å². The van der Waals surface area contributed by atoms with Gasteiger partial charge >= 0.3 is 0 Å². The van der Waals surface area contributed by atoms with Gasteiger partial charge in [0, 0.05) is 26.3 Å². The molecule has 3 heteroatoms. The van der Waals surface area contributed by atoms with Crippen LogP contribution in [0.25, 0.3) is 0 Å². The number of hydrogen-bond donors (Lipinski definition) is 0. The summed E-state index contributed by atoms with van der Waals surface area (Å²) >= 11 is 0. The Morgan fingerprint density at radius 3 is 2.27 bits per heavy atom. The van der Waals surface area contributed by atoms with Crippen molar-refractivity contribution in [2.75, 3.05) is 26.3 Å². The van der Waals surface area contributed by atoms with E-state index < -0.39 is 0 Å². The van der Waals surface area contributed by atoms with E-state index in [1.807, 2.05) is 18.2 Å². The molecule has 22 heavy (non-hydrogen) atoms. The van der Waals surface area contributed by atoms with Gasteiger partial charge in [-0.3, -0.25) is 4.79 Å². The highest BCUT2D eigenvalue weighted by molar-refractivity contribution is 5.88. The van der Waals surface area contributed by atoms with Crippen molar-refractivity contribution in [3.63, 3.8) is 0 Å². The van der Waals surface area contributed by atoms with Gasteiger partial charge in [0.05, 0.1) is 5.41 Å². The summed E-state index contributed by atoms with van der Waals surface area (Å²) in [6, 6.07) is 10.3. The van der Waals surface area contributed by atoms with Crippen molar-refractivity contribution in [2.45, 2.75) is 38.5 Å². The zero-order valence-electron chi connectivity index (χ0n) is 13.8. The Morgan fingerprint density at radius 2 is 1.68 bits per heavy atom. The van der Waals surface area contributed by atoms with E-state index in [4.69, 9.17) is 4.74 Å². The Labute approximate surface area is 133 Å². The lowest BCUT2D eigenvalue weighted by atomic mass is 9.72. The Bertz CT molecular complexity index is 497. The molecule has 0 N–H and O–H groups in total. The van der Waals surface area contributed by atoms with E-state index in [1.165, 1.54) is 6.42 Å². The van der Waals surface area contributed by atoms with E-state index in [-0.39, 0.29) is 5.41 Å². The lowest BCUT2D eigenvalue weighted by Crippen LogP contribution is -2.53. The first-order chi connectivity index (χ1) is 10.6. The SMILES string of the molecule is C[C@H]1C[C@H](C)CN(C(=O)C2(c3ccccc3)CCOCC2)C1. The predicted octanol–water partition coefficient (Wildman–Crippen LogP) is 3.24. The minimum absolute atomic E-state index is 0.320. The van der Waals surface area contributed by atoms with E-state index in [0.29, 0.717) is 31.0 Å². The van der Waals surface area contributed by atoms with Crippen LogP contribution in [0.3, 0.4) is 0 Å². The molecule has 0 saturated carbocycles. The van der Waals surface area contributed by atoms with Crippen LogP contribution in [0, 0.1) is 11.8 Å². The smallest absolute Gasteiger partial charge is 0.233 e. The molecule has 0 aliphatic carbocycles. The maximum Gasteiger partial charge on any atom is 0.233 e. The molecule has 3 rings (SSSR count). The van der Waals surface area contributed by atoms with Crippen LogP contribution in [0.2, 0.25) is 0 Å². The number of amides is 1. The second kappa shape index (κ2) is 6.41. The summed E-state index contributed by atoms with van der Waals surface area (Å²) in [4.78, 5) is 15.6. The van der Waals surface area contributed by atoms with Crippen molar-refractivity contribution >= 4 is 5.91 Å². The monoisotopic (exact) mass is 301 g/mol. The summed E-state index contributed by atoms with van der Waals surface area (Å²) in [5, 5.41) is 0. The van der Waals surface area contributed by atoms with Crippen LogP contribution in [0.4, 0.5) is 0 Å². The number of piperidine rings is 1. The standard InChI is InChI=1S/C19H27NO2/c1-15-12-16(2)14-20(13-15)18(21)19(8-10-22-11-9-19)17-6-4-3-5-7-17/h3-7,15-16H,8-14H2,1-2H3/t15-,16-/m0/s1. The third-order valence-electron chi connectivity index (χ3n) is 5.24. The summed E-state index contributed by atoms with van der Waals surface area (Å²) in [7, 11) is 0. The number of ether oxygens (including phenoxy) is 1. The average Bonchev–Trinajstić information content (AvgIpc) is 2.55. The summed E-state index contributed by atoms with van der Waals surface area (Å²) < 4.78 is 5.56. The van der Waals surface area contributed by atoms with Gasteiger partial charge in [-0.1, -0.05) is 44.2 Å². The number of nitrogens with zero attached hydrogens (tertiary/aromatic N) is 1. The van der Waals surface area contributed by atoms with Gasteiger partial charge in [0.2, 0.25) is 5.91 Å². The number of hydrogen-bond acceptors (Lipinski definition) is 2. The molecule has 0 aromatic heterocycles. The highest BCUT2D eigenvalue weighted by Gasteiger charge is 2.45. The highest BCUT2D eigenvalue weighted by atomic mass is 16.5. The highest BCUT2D eigenvalue weighted by Crippen LogP contribution is 2.38. The molecule has 1 amide bonds. The van der Waals surface area contributed by atoms with Gasteiger partial charge in [-0.15, -0.1) is 0 Å². The third kappa shape index (κ3) is 2.91. The third-order valence-corrected chi connectivity index (χ3v) is 5.24. The van der Waals surface area contributed by atoms with Crippen LogP contribution in [0.1, 0.15) is 38.7 Å². The van der Waals surface area contributed by atoms with E-state index in [9.17, 15) is 4.79 Å². The molecule has 1 aromatic carbocycles. The summed E-state index contributed by atoms with van der Waals surface area (Å²) in [6.45, 7) is 7.68. The van der Waals surface area contributed by atoms with Crippen LogP contribution in [-0.2, 0) is 14.9 Å². The van der Waals surface area contributed by atoms with Gasteiger partial charge in [-0.2, -0.15) is 0 Å². The van der Waals surface area contributed by atoms with Gasteiger partial charge in [-0.05, 0) is 36.7 Å². The first-order valence-corrected chi connectivity index (χ1v) is 8.54. The minimum Gasteiger partial charge on any atom is -0.381 e. The van der Waals surface area contributed by atoms with Crippen LogP contribution < -0.4 is 0 Å². The van der Waals surface area contributed by atoms with Crippen LogP contribution >= 0.6 is 0 Å². The minimum atomic E-state index is -0.379. The second-order valence-corrected chi connectivity index (χ2v) is 7.22. The molecule has 2 aliphatic heterocycles. The fourth-order valence-electron chi connectivity index (χ4n) is 4.23. The number of benzene rings is 1. The largest absolute Gasteiger partial charge is 0.381 e. The van der Waals surface area contributed by atoms with Gasteiger partial charge in [0.25, 0.3) is 0 Å². The molecule has 0 bridgehead atoms. The normalized spacial score (nSPS) is 28.4. The molecule has 120 valence electrons. The Hall–Kier alpha value is -1.35. The lowest BCUT2D eigenvalue weighted by molar-refractivity contribution is -0.144. The molecule has 2 heterocycles. The maximum atomic E-state index is 13.4. The molecule has 2 aliphatic rings. The molecule has 2 fully saturated rings. The van der Waals surface area contributed by atoms with E-state index in [2.05, 4.69) is 30.9 Å². The molecular formula is C19H27NO2. The molecule has 0 unspecified atom stereocenters. The Balaban J connectivity index is 1.90. The van der Waals surface area contributed by atoms with Crippen molar-refractivity contribution in [3.8, 4) is 0 Å². The maximum absolute atomic E-state index is 13.4. The first-order valence-electron chi connectivity index (χ1n) is 8.54. The van der Waals surface area contributed by atoms with Gasteiger partial charge in [0.1, 0.15) is 0 Å².